The van der Waals surface area contributed by atoms with E-state index in [0.717, 1.165) is 16.8 Å². The largest absolute Gasteiger partial charge is 0.352 e. The molecule has 0 radical (unpaired) electrons. The number of aromatic nitrogens is 2. The summed E-state index contributed by atoms with van der Waals surface area (Å²) in [7, 11) is 0. The lowest BCUT2D eigenvalue weighted by Crippen LogP contribution is -2.26. The van der Waals surface area contributed by atoms with Crippen LogP contribution in [0.2, 0.25) is 0 Å². The highest BCUT2D eigenvalue weighted by atomic mass is 32.1. The van der Waals surface area contributed by atoms with Crippen LogP contribution in [0.25, 0.3) is 11.3 Å². The average Bonchev–Trinajstić information content (AvgIpc) is 3.10. The van der Waals surface area contributed by atoms with Crippen LogP contribution in [0.4, 0.5) is 5.13 Å². The molecule has 0 saturated heterocycles. The molecule has 3 aromatic rings. The average molecular weight is 382 g/mol. The van der Waals surface area contributed by atoms with Crippen molar-refractivity contribution < 1.29 is 9.59 Å². The minimum atomic E-state index is -0.310. The molecule has 2 aromatic heterocycles. The van der Waals surface area contributed by atoms with Crippen LogP contribution in [0.1, 0.15) is 12.5 Å². The van der Waals surface area contributed by atoms with E-state index in [1.165, 1.54) is 28.9 Å². The van der Waals surface area contributed by atoms with E-state index in [0.29, 0.717) is 11.7 Å². The van der Waals surface area contributed by atoms with Crippen LogP contribution in [0, 0.1) is 0 Å². The van der Waals surface area contributed by atoms with Crippen LogP contribution in [-0.2, 0) is 22.7 Å². The predicted molar refractivity (Wildman–Crippen MR) is 104 cm³/mol. The van der Waals surface area contributed by atoms with Crippen molar-refractivity contribution in [3.05, 3.63) is 70.0 Å². The number of hydrogen-bond donors (Lipinski definition) is 2. The summed E-state index contributed by atoms with van der Waals surface area (Å²) in [4.78, 5) is 39.1. The van der Waals surface area contributed by atoms with Gasteiger partial charge in [0, 0.05) is 36.7 Å². The van der Waals surface area contributed by atoms with Gasteiger partial charge in [-0.05, 0) is 11.6 Å². The number of carbonyl (C=O) groups excluding carboxylic acids is 2. The maximum atomic E-state index is 12.1. The third-order valence-corrected chi connectivity index (χ3v) is 4.51. The molecule has 138 valence electrons. The van der Waals surface area contributed by atoms with Gasteiger partial charge < -0.3 is 15.2 Å². The SMILES string of the molecule is CC(=O)NCc1ccc(-c2csc(NC(=O)Cn3ccccc3=O)n2)cc1. The minimum absolute atomic E-state index is 0.0631. The van der Waals surface area contributed by atoms with Gasteiger partial charge in [-0.2, -0.15) is 0 Å². The molecule has 2 N–H and O–H groups in total. The summed E-state index contributed by atoms with van der Waals surface area (Å²) >= 11 is 1.32. The number of thiazole rings is 1. The van der Waals surface area contributed by atoms with E-state index in [1.807, 2.05) is 29.6 Å². The number of rotatable bonds is 6. The number of carbonyl (C=O) groups is 2. The van der Waals surface area contributed by atoms with Gasteiger partial charge in [0.05, 0.1) is 5.69 Å². The smallest absolute Gasteiger partial charge is 0.250 e. The van der Waals surface area contributed by atoms with E-state index in [-0.39, 0.29) is 23.9 Å². The highest BCUT2D eigenvalue weighted by Gasteiger charge is 2.09. The highest BCUT2D eigenvalue weighted by molar-refractivity contribution is 7.14. The normalized spacial score (nSPS) is 10.4. The third-order valence-electron chi connectivity index (χ3n) is 3.75. The number of nitrogens with one attached hydrogen (secondary N) is 2. The summed E-state index contributed by atoms with van der Waals surface area (Å²) in [6.45, 7) is 1.90. The van der Waals surface area contributed by atoms with Gasteiger partial charge in [-0.3, -0.25) is 14.4 Å². The van der Waals surface area contributed by atoms with E-state index >= 15 is 0 Å². The number of pyridine rings is 1. The second kappa shape index (κ2) is 8.41. The second-order valence-corrected chi connectivity index (χ2v) is 6.72. The van der Waals surface area contributed by atoms with Gasteiger partial charge in [0.15, 0.2) is 5.13 Å². The molecule has 2 amide bonds. The molecule has 0 saturated carbocycles. The van der Waals surface area contributed by atoms with E-state index < -0.39 is 0 Å². The fraction of sp³-hybridized carbons (Fsp3) is 0.158. The number of amides is 2. The molecule has 0 aliphatic carbocycles. The molecule has 3 rings (SSSR count). The van der Waals surface area contributed by atoms with Crippen molar-refractivity contribution in [3.63, 3.8) is 0 Å². The lowest BCUT2D eigenvalue weighted by molar-refractivity contribution is -0.119. The van der Waals surface area contributed by atoms with Crippen molar-refractivity contribution in [1.29, 1.82) is 0 Å². The Morgan fingerprint density at radius 2 is 1.93 bits per heavy atom. The van der Waals surface area contributed by atoms with E-state index in [4.69, 9.17) is 0 Å². The molecule has 0 aliphatic heterocycles. The monoisotopic (exact) mass is 382 g/mol. The third kappa shape index (κ3) is 5.11. The van der Waals surface area contributed by atoms with Gasteiger partial charge in [0.1, 0.15) is 6.54 Å². The molecule has 0 unspecified atom stereocenters. The zero-order valence-corrected chi connectivity index (χ0v) is 15.5. The first-order valence-electron chi connectivity index (χ1n) is 8.26. The number of anilines is 1. The Morgan fingerprint density at radius 1 is 1.15 bits per heavy atom. The predicted octanol–water partition coefficient (Wildman–Crippen LogP) is 2.25. The molecule has 7 nitrogen and oxygen atoms in total. The Labute approximate surface area is 159 Å². The molecule has 0 fully saturated rings. The van der Waals surface area contributed by atoms with Crippen molar-refractivity contribution in [2.45, 2.75) is 20.0 Å². The lowest BCUT2D eigenvalue weighted by atomic mass is 10.1. The van der Waals surface area contributed by atoms with Crippen molar-refractivity contribution in [2.75, 3.05) is 5.32 Å². The maximum absolute atomic E-state index is 12.1. The molecule has 0 bridgehead atoms. The molecular weight excluding hydrogens is 364 g/mol. The highest BCUT2D eigenvalue weighted by Crippen LogP contribution is 2.25. The summed E-state index contributed by atoms with van der Waals surface area (Å²) in [5.74, 6) is -0.383. The Kier molecular flexibility index (Phi) is 5.77. The van der Waals surface area contributed by atoms with Crippen LogP contribution in [-0.4, -0.2) is 21.4 Å². The molecule has 27 heavy (non-hydrogen) atoms. The number of nitrogens with zero attached hydrogens (tertiary/aromatic N) is 2. The van der Waals surface area contributed by atoms with Crippen molar-refractivity contribution in [1.82, 2.24) is 14.9 Å². The van der Waals surface area contributed by atoms with Crippen LogP contribution in [0.5, 0.6) is 0 Å². The van der Waals surface area contributed by atoms with Crippen molar-refractivity contribution >= 4 is 28.3 Å². The molecule has 2 heterocycles. The van der Waals surface area contributed by atoms with Crippen LogP contribution in [0.15, 0.2) is 58.8 Å². The quantitative estimate of drug-likeness (QED) is 0.684. The number of benzene rings is 1. The van der Waals surface area contributed by atoms with Crippen LogP contribution >= 0.6 is 11.3 Å². The van der Waals surface area contributed by atoms with Gasteiger partial charge in [-0.15, -0.1) is 11.3 Å². The topological polar surface area (TPSA) is 93.1 Å². The Morgan fingerprint density at radius 3 is 2.63 bits per heavy atom. The Hall–Kier alpha value is -3.26. The zero-order chi connectivity index (χ0) is 19.2. The molecule has 8 heteroatoms. The molecule has 0 atom stereocenters. The zero-order valence-electron chi connectivity index (χ0n) is 14.6. The fourth-order valence-corrected chi connectivity index (χ4v) is 3.12. The minimum Gasteiger partial charge on any atom is -0.352 e. The first-order chi connectivity index (χ1) is 13.0. The van der Waals surface area contributed by atoms with Crippen LogP contribution < -0.4 is 16.2 Å². The summed E-state index contributed by atoms with van der Waals surface area (Å²) in [5, 5.41) is 7.79. The van der Waals surface area contributed by atoms with E-state index in [1.54, 1.807) is 18.3 Å². The lowest BCUT2D eigenvalue weighted by Gasteiger charge is -2.05. The molecule has 1 aromatic carbocycles. The van der Waals surface area contributed by atoms with Crippen LogP contribution in [0.3, 0.4) is 0 Å². The maximum Gasteiger partial charge on any atom is 0.250 e. The van der Waals surface area contributed by atoms with E-state index in [9.17, 15) is 14.4 Å². The summed E-state index contributed by atoms with van der Waals surface area (Å²) in [5.41, 5.74) is 2.42. The van der Waals surface area contributed by atoms with Gasteiger partial charge in [-0.25, -0.2) is 4.98 Å². The summed E-state index contributed by atoms with van der Waals surface area (Å²) in [6.07, 6.45) is 1.57. The first kappa shape index (κ1) is 18.5. The van der Waals surface area contributed by atoms with E-state index in [2.05, 4.69) is 15.6 Å². The van der Waals surface area contributed by atoms with Gasteiger partial charge in [0.25, 0.3) is 5.56 Å². The standard InChI is InChI=1S/C19H18N4O3S/c1-13(24)20-10-14-5-7-15(8-6-14)16-12-27-19(21-16)22-17(25)11-23-9-3-2-4-18(23)26/h2-9,12H,10-11H2,1H3,(H,20,24)(H,21,22,25). The Bertz CT molecular complexity index is 1010. The second-order valence-electron chi connectivity index (χ2n) is 5.86. The van der Waals surface area contributed by atoms with Crippen molar-refractivity contribution in [3.8, 4) is 11.3 Å². The summed E-state index contributed by atoms with van der Waals surface area (Å²) < 4.78 is 1.33. The first-order valence-corrected chi connectivity index (χ1v) is 9.14. The van der Waals surface area contributed by atoms with Gasteiger partial charge in [0.2, 0.25) is 11.8 Å². The Balaban J connectivity index is 1.62. The van der Waals surface area contributed by atoms with Crippen molar-refractivity contribution in [2.24, 2.45) is 0 Å². The molecular formula is C19H18N4O3S. The molecule has 0 aliphatic rings. The fourth-order valence-electron chi connectivity index (χ4n) is 2.39. The number of hydrogen-bond acceptors (Lipinski definition) is 5. The summed E-state index contributed by atoms with van der Waals surface area (Å²) in [6, 6.07) is 12.4. The molecule has 0 spiro atoms. The van der Waals surface area contributed by atoms with Gasteiger partial charge >= 0.3 is 0 Å². The van der Waals surface area contributed by atoms with Gasteiger partial charge in [-0.1, -0.05) is 30.3 Å².